The van der Waals surface area contributed by atoms with Gasteiger partial charge < -0.3 is 5.32 Å². The fourth-order valence-corrected chi connectivity index (χ4v) is 1.26. The minimum absolute atomic E-state index is 0.276. The number of carbonyl (C=O) groups excluding carboxylic acids is 2. The molecular weight excluding hydrogens is 192 g/mol. The molecule has 1 aromatic rings. The summed E-state index contributed by atoms with van der Waals surface area (Å²) in [6, 6.07) is 8.73. The van der Waals surface area contributed by atoms with Crippen LogP contribution in [0.15, 0.2) is 35.3 Å². The lowest BCUT2D eigenvalue weighted by molar-refractivity contribution is -0.121. The van der Waals surface area contributed by atoms with Crippen LogP contribution in [-0.2, 0) is 16.0 Å². The molecule has 0 unspecified atom stereocenters. The molecular formula is C11H12N2O2. The van der Waals surface area contributed by atoms with Gasteiger partial charge in [0.05, 0.1) is 0 Å². The zero-order chi connectivity index (χ0) is 11.1. The molecule has 0 radical (unpaired) electrons. The predicted molar refractivity (Wildman–Crippen MR) is 56.1 cm³/mol. The molecule has 0 aromatic heterocycles. The van der Waals surface area contributed by atoms with Crippen LogP contribution in [0.1, 0.15) is 5.56 Å². The molecule has 1 N–H and O–H groups in total. The summed E-state index contributed by atoms with van der Waals surface area (Å²) in [4.78, 5) is 24.9. The molecule has 78 valence electrons. The first-order valence-electron chi connectivity index (χ1n) is 4.60. The van der Waals surface area contributed by atoms with E-state index in [1.54, 1.807) is 0 Å². The molecule has 0 fully saturated rings. The van der Waals surface area contributed by atoms with E-state index in [1.807, 2.05) is 30.3 Å². The summed E-state index contributed by atoms with van der Waals surface area (Å²) in [5.41, 5.74) is 0.963. The number of rotatable bonds is 4. The Morgan fingerprint density at radius 2 is 2.13 bits per heavy atom. The number of nitrogens with one attached hydrogen (secondary N) is 1. The molecule has 1 amide bonds. The Morgan fingerprint density at radius 3 is 2.67 bits per heavy atom. The molecule has 1 aromatic carbocycles. The summed E-state index contributed by atoms with van der Waals surface area (Å²) >= 11 is 0. The number of nitrogens with zero attached hydrogens (tertiary/aromatic N) is 1. The Labute approximate surface area is 88.0 Å². The standard InChI is InChI=1S/C11H12N2O2/c1-12-11(15)10(13-8-14)7-9-5-3-2-4-6-9/h2-6,10H,7H2,1H3,(H,12,15)/t10-/m0/s1. The topological polar surface area (TPSA) is 58.5 Å². The summed E-state index contributed by atoms with van der Waals surface area (Å²) in [6.07, 6.45) is 1.83. The van der Waals surface area contributed by atoms with Crippen molar-refractivity contribution in [1.82, 2.24) is 5.32 Å². The third-order valence-electron chi connectivity index (χ3n) is 2.03. The molecule has 0 bridgehead atoms. The number of hydrogen-bond donors (Lipinski definition) is 1. The maximum atomic E-state index is 11.3. The van der Waals surface area contributed by atoms with Gasteiger partial charge in [-0.1, -0.05) is 30.3 Å². The van der Waals surface area contributed by atoms with Crippen LogP contribution in [0.2, 0.25) is 0 Å². The van der Waals surface area contributed by atoms with Gasteiger partial charge in [-0.25, -0.2) is 4.79 Å². The number of amides is 1. The average Bonchev–Trinajstić information content (AvgIpc) is 2.29. The van der Waals surface area contributed by atoms with Crippen molar-refractivity contribution in [2.45, 2.75) is 12.5 Å². The fourth-order valence-electron chi connectivity index (χ4n) is 1.26. The molecule has 0 spiro atoms. The molecule has 1 atom stereocenters. The van der Waals surface area contributed by atoms with Crippen molar-refractivity contribution < 1.29 is 9.59 Å². The van der Waals surface area contributed by atoms with Crippen LogP contribution in [0.3, 0.4) is 0 Å². The van der Waals surface area contributed by atoms with E-state index in [4.69, 9.17) is 0 Å². The molecule has 1 rings (SSSR count). The smallest absolute Gasteiger partial charge is 0.245 e. The molecule has 0 saturated carbocycles. The number of isocyanates is 1. The summed E-state index contributed by atoms with van der Waals surface area (Å²) in [5, 5.41) is 2.46. The Kier molecular flexibility index (Phi) is 4.26. The van der Waals surface area contributed by atoms with Crippen LogP contribution in [0.4, 0.5) is 0 Å². The highest BCUT2D eigenvalue weighted by atomic mass is 16.2. The van der Waals surface area contributed by atoms with Crippen LogP contribution < -0.4 is 5.32 Å². The van der Waals surface area contributed by atoms with Crippen molar-refractivity contribution >= 4 is 12.0 Å². The van der Waals surface area contributed by atoms with E-state index in [0.717, 1.165) is 5.56 Å². The summed E-state index contributed by atoms with van der Waals surface area (Å²) in [6.45, 7) is 0. The Morgan fingerprint density at radius 1 is 1.47 bits per heavy atom. The van der Waals surface area contributed by atoms with Gasteiger partial charge in [0.2, 0.25) is 12.0 Å². The van der Waals surface area contributed by atoms with E-state index >= 15 is 0 Å². The Balaban J connectivity index is 2.75. The number of hydrogen-bond acceptors (Lipinski definition) is 3. The van der Waals surface area contributed by atoms with Crippen molar-refractivity contribution in [3.63, 3.8) is 0 Å². The van der Waals surface area contributed by atoms with E-state index in [1.165, 1.54) is 13.1 Å². The lowest BCUT2D eigenvalue weighted by atomic mass is 10.1. The highest BCUT2D eigenvalue weighted by Crippen LogP contribution is 2.05. The predicted octanol–water partition coefficient (Wildman–Crippen LogP) is 0.679. The molecule has 0 aliphatic carbocycles. The minimum atomic E-state index is -0.685. The summed E-state index contributed by atoms with van der Waals surface area (Å²) < 4.78 is 0. The zero-order valence-electron chi connectivity index (χ0n) is 8.43. The van der Waals surface area contributed by atoms with Gasteiger partial charge in [-0.15, -0.1) is 0 Å². The first kappa shape index (κ1) is 11.1. The second-order valence-corrected chi connectivity index (χ2v) is 3.04. The highest BCUT2D eigenvalue weighted by Gasteiger charge is 2.16. The van der Waals surface area contributed by atoms with E-state index in [-0.39, 0.29) is 5.91 Å². The maximum absolute atomic E-state index is 11.3. The van der Waals surface area contributed by atoms with Crippen LogP contribution in [0.5, 0.6) is 0 Å². The minimum Gasteiger partial charge on any atom is -0.357 e. The first-order valence-corrected chi connectivity index (χ1v) is 4.60. The molecule has 0 aliphatic heterocycles. The fraction of sp³-hybridized carbons (Fsp3) is 0.273. The second kappa shape index (κ2) is 5.73. The summed E-state index contributed by atoms with van der Waals surface area (Å²) in [7, 11) is 1.51. The number of benzene rings is 1. The van der Waals surface area contributed by atoms with Crippen molar-refractivity contribution in [2.75, 3.05) is 7.05 Å². The van der Waals surface area contributed by atoms with Gasteiger partial charge in [-0.2, -0.15) is 4.99 Å². The SMILES string of the molecule is CNC(=O)[C@H](Cc1ccccc1)N=C=O. The molecule has 0 heterocycles. The van der Waals surface area contributed by atoms with Gasteiger partial charge >= 0.3 is 0 Å². The van der Waals surface area contributed by atoms with Crippen molar-refractivity contribution in [3.8, 4) is 0 Å². The number of likely N-dealkylation sites (N-methyl/N-ethyl adjacent to an activating group) is 1. The van der Waals surface area contributed by atoms with Crippen LogP contribution in [-0.4, -0.2) is 25.1 Å². The zero-order valence-corrected chi connectivity index (χ0v) is 8.43. The second-order valence-electron chi connectivity index (χ2n) is 3.04. The van der Waals surface area contributed by atoms with E-state index in [2.05, 4.69) is 10.3 Å². The molecule has 0 saturated heterocycles. The van der Waals surface area contributed by atoms with Gasteiger partial charge in [0.25, 0.3) is 0 Å². The van der Waals surface area contributed by atoms with Gasteiger partial charge in [0.15, 0.2) is 0 Å². The average molecular weight is 204 g/mol. The van der Waals surface area contributed by atoms with Gasteiger partial charge in [-0.3, -0.25) is 4.79 Å². The van der Waals surface area contributed by atoms with Crippen molar-refractivity contribution in [2.24, 2.45) is 4.99 Å². The van der Waals surface area contributed by atoms with Crippen molar-refractivity contribution in [1.29, 1.82) is 0 Å². The molecule has 15 heavy (non-hydrogen) atoms. The van der Waals surface area contributed by atoms with E-state index in [9.17, 15) is 9.59 Å². The van der Waals surface area contributed by atoms with Gasteiger partial charge in [0, 0.05) is 13.5 Å². The van der Waals surface area contributed by atoms with Gasteiger partial charge in [0.1, 0.15) is 6.04 Å². The lowest BCUT2D eigenvalue weighted by Crippen LogP contribution is -2.32. The lowest BCUT2D eigenvalue weighted by Gasteiger charge is -2.08. The first-order chi connectivity index (χ1) is 7.27. The largest absolute Gasteiger partial charge is 0.357 e. The van der Waals surface area contributed by atoms with Crippen molar-refractivity contribution in [3.05, 3.63) is 35.9 Å². The van der Waals surface area contributed by atoms with Crippen LogP contribution in [0, 0.1) is 0 Å². The normalized spacial score (nSPS) is 11.3. The highest BCUT2D eigenvalue weighted by molar-refractivity contribution is 5.82. The Bertz CT molecular complexity index is 369. The quantitative estimate of drug-likeness (QED) is 0.579. The van der Waals surface area contributed by atoms with Crippen LogP contribution >= 0.6 is 0 Å². The van der Waals surface area contributed by atoms with Gasteiger partial charge in [-0.05, 0) is 5.56 Å². The monoisotopic (exact) mass is 204 g/mol. The third-order valence-corrected chi connectivity index (χ3v) is 2.03. The number of aliphatic imine (C=N–C) groups is 1. The van der Waals surface area contributed by atoms with E-state index < -0.39 is 6.04 Å². The molecule has 4 heteroatoms. The summed E-state index contributed by atoms with van der Waals surface area (Å²) in [5.74, 6) is -0.276. The van der Waals surface area contributed by atoms with Crippen LogP contribution in [0.25, 0.3) is 0 Å². The third kappa shape index (κ3) is 3.37. The molecule has 0 aliphatic rings. The Hall–Kier alpha value is -1.93. The number of carbonyl (C=O) groups is 1. The molecule has 4 nitrogen and oxygen atoms in total. The maximum Gasteiger partial charge on any atom is 0.245 e. The van der Waals surface area contributed by atoms with E-state index in [0.29, 0.717) is 6.42 Å².